The molecule has 0 radical (unpaired) electrons. The minimum Gasteiger partial charge on any atom is -0.357 e. The third kappa shape index (κ3) is 2.33. The van der Waals surface area contributed by atoms with Gasteiger partial charge in [0, 0.05) is 25.0 Å². The Hall–Kier alpha value is -2.83. The van der Waals surface area contributed by atoms with E-state index in [2.05, 4.69) is 25.3 Å². The standard InChI is InChI=1S/C13H11FN6/c1-15-12-17-11(9-3-2-4-10(14)7-9)18-13(19-12)20-6-5-16-8-20/h2-8H,1H3,(H,15,17,18,19). The van der Waals surface area contributed by atoms with Gasteiger partial charge in [-0.05, 0) is 12.1 Å². The summed E-state index contributed by atoms with van der Waals surface area (Å²) in [5, 5.41) is 2.86. The lowest BCUT2D eigenvalue weighted by molar-refractivity contribution is 0.628. The monoisotopic (exact) mass is 270 g/mol. The average Bonchev–Trinajstić information content (AvgIpc) is 3.01. The van der Waals surface area contributed by atoms with E-state index in [1.807, 2.05) is 0 Å². The molecule has 1 N–H and O–H groups in total. The number of hydrogen-bond donors (Lipinski definition) is 1. The number of imidazole rings is 1. The number of nitrogens with zero attached hydrogens (tertiary/aromatic N) is 5. The van der Waals surface area contributed by atoms with E-state index in [0.29, 0.717) is 23.3 Å². The Morgan fingerprint density at radius 3 is 2.80 bits per heavy atom. The van der Waals surface area contributed by atoms with Crippen molar-refractivity contribution in [2.75, 3.05) is 12.4 Å². The van der Waals surface area contributed by atoms with Crippen molar-refractivity contribution in [2.24, 2.45) is 0 Å². The minimum atomic E-state index is -0.335. The number of halogens is 1. The van der Waals surface area contributed by atoms with Crippen LogP contribution in [0.1, 0.15) is 0 Å². The van der Waals surface area contributed by atoms with Crippen molar-refractivity contribution in [3.8, 4) is 17.3 Å². The lowest BCUT2D eigenvalue weighted by atomic mass is 10.2. The quantitative estimate of drug-likeness (QED) is 0.787. The van der Waals surface area contributed by atoms with E-state index in [0.717, 1.165) is 0 Å². The smallest absolute Gasteiger partial charge is 0.240 e. The highest BCUT2D eigenvalue weighted by Gasteiger charge is 2.09. The second kappa shape index (κ2) is 5.04. The number of benzene rings is 1. The third-order valence-electron chi connectivity index (χ3n) is 2.67. The lowest BCUT2D eigenvalue weighted by Crippen LogP contribution is -2.06. The highest BCUT2D eigenvalue weighted by molar-refractivity contribution is 5.56. The van der Waals surface area contributed by atoms with Crippen molar-refractivity contribution in [3.63, 3.8) is 0 Å². The van der Waals surface area contributed by atoms with E-state index in [1.165, 1.54) is 12.1 Å². The zero-order valence-electron chi connectivity index (χ0n) is 10.7. The van der Waals surface area contributed by atoms with Crippen LogP contribution in [0.15, 0.2) is 43.0 Å². The van der Waals surface area contributed by atoms with Gasteiger partial charge in [-0.15, -0.1) is 0 Å². The molecular formula is C13H11FN6. The average molecular weight is 270 g/mol. The molecule has 3 rings (SSSR count). The Bertz CT molecular complexity index is 725. The maximum Gasteiger partial charge on any atom is 0.240 e. The van der Waals surface area contributed by atoms with Crippen LogP contribution >= 0.6 is 0 Å². The van der Waals surface area contributed by atoms with Crippen LogP contribution in [0.25, 0.3) is 17.3 Å². The van der Waals surface area contributed by atoms with Crippen LogP contribution in [-0.2, 0) is 0 Å². The molecule has 0 atom stereocenters. The number of anilines is 1. The second-order valence-corrected chi connectivity index (χ2v) is 4.01. The Morgan fingerprint density at radius 2 is 2.10 bits per heavy atom. The minimum absolute atomic E-state index is 0.335. The van der Waals surface area contributed by atoms with E-state index < -0.39 is 0 Å². The zero-order valence-corrected chi connectivity index (χ0v) is 10.7. The van der Waals surface area contributed by atoms with E-state index >= 15 is 0 Å². The van der Waals surface area contributed by atoms with Gasteiger partial charge in [0.1, 0.15) is 12.1 Å². The van der Waals surface area contributed by atoms with E-state index in [1.54, 1.807) is 42.5 Å². The van der Waals surface area contributed by atoms with Crippen LogP contribution in [0.2, 0.25) is 0 Å². The molecule has 2 aromatic heterocycles. The second-order valence-electron chi connectivity index (χ2n) is 4.01. The summed E-state index contributed by atoms with van der Waals surface area (Å²) in [5.74, 6) is 0.884. The maximum absolute atomic E-state index is 13.3. The molecule has 0 unspecified atom stereocenters. The molecule has 0 bridgehead atoms. The molecule has 7 heteroatoms. The molecule has 0 aliphatic carbocycles. The summed E-state index contributed by atoms with van der Waals surface area (Å²) in [4.78, 5) is 16.8. The van der Waals surface area contributed by atoms with Crippen molar-refractivity contribution >= 4 is 5.95 Å². The molecule has 2 heterocycles. The molecule has 0 spiro atoms. The van der Waals surface area contributed by atoms with Gasteiger partial charge in [0.2, 0.25) is 11.9 Å². The van der Waals surface area contributed by atoms with E-state index in [4.69, 9.17) is 0 Å². The van der Waals surface area contributed by atoms with Crippen LogP contribution in [0.5, 0.6) is 0 Å². The van der Waals surface area contributed by atoms with E-state index in [9.17, 15) is 4.39 Å². The van der Waals surface area contributed by atoms with Gasteiger partial charge in [-0.3, -0.25) is 4.57 Å². The summed E-state index contributed by atoms with van der Waals surface area (Å²) >= 11 is 0. The number of nitrogens with one attached hydrogen (secondary N) is 1. The van der Waals surface area contributed by atoms with E-state index in [-0.39, 0.29) is 5.82 Å². The van der Waals surface area contributed by atoms with Gasteiger partial charge in [0.05, 0.1) is 0 Å². The number of rotatable bonds is 3. The first-order valence-electron chi connectivity index (χ1n) is 5.94. The predicted octanol–water partition coefficient (Wildman–Crippen LogP) is 1.91. The van der Waals surface area contributed by atoms with Gasteiger partial charge in [0.25, 0.3) is 0 Å². The van der Waals surface area contributed by atoms with Crippen LogP contribution in [0, 0.1) is 5.82 Å². The fourth-order valence-electron chi connectivity index (χ4n) is 1.73. The first kappa shape index (κ1) is 12.2. The van der Waals surface area contributed by atoms with Gasteiger partial charge in [-0.1, -0.05) is 12.1 Å². The molecule has 0 aliphatic rings. The van der Waals surface area contributed by atoms with Crippen molar-refractivity contribution in [1.29, 1.82) is 0 Å². The van der Waals surface area contributed by atoms with Gasteiger partial charge < -0.3 is 5.32 Å². The largest absolute Gasteiger partial charge is 0.357 e. The molecule has 0 aliphatic heterocycles. The molecule has 100 valence electrons. The van der Waals surface area contributed by atoms with Crippen LogP contribution in [-0.4, -0.2) is 31.6 Å². The lowest BCUT2D eigenvalue weighted by Gasteiger charge is -2.07. The van der Waals surface area contributed by atoms with Crippen molar-refractivity contribution < 1.29 is 4.39 Å². The third-order valence-corrected chi connectivity index (χ3v) is 2.67. The van der Waals surface area contributed by atoms with Crippen LogP contribution in [0.4, 0.5) is 10.3 Å². The summed E-state index contributed by atoms with van der Waals surface area (Å²) in [6.45, 7) is 0. The molecule has 1 aromatic carbocycles. The SMILES string of the molecule is CNc1nc(-c2cccc(F)c2)nc(-n2ccnc2)n1. The fraction of sp³-hybridized carbons (Fsp3) is 0.0769. The Labute approximate surface area is 114 Å². The zero-order chi connectivity index (χ0) is 13.9. The molecule has 0 amide bonds. The van der Waals surface area contributed by atoms with Gasteiger partial charge >= 0.3 is 0 Å². The summed E-state index contributed by atoms with van der Waals surface area (Å²) < 4.78 is 15.0. The Kier molecular flexibility index (Phi) is 3.08. The predicted molar refractivity (Wildman–Crippen MR) is 71.9 cm³/mol. The molecule has 6 nitrogen and oxygen atoms in total. The maximum atomic E-state index is 13.3. The first-order valence-corrected chi connectivity index (χ1v) is 5.94. The van der Waals surface area contributed by atoms with Crippen molar-refractivity contribution in [3.05, 3.63) is 48.8 Å². The highest BCUT2D eigenvalue weighted by atomic mass is 19.1. The van der Waals surface area contributed by atoms with Gasteiger partial charge in [0.15, 0.2) is 5.82 Å². The topological polar surface area (TPSA) is 68.5 Å². The normalized spacial score (nSPS) is 10.5. The molecule has 0 saturated carbocycles. The summed E-state index contributed by atoms with van der Waals surface area (Å²) in [5.41, 5.74) is 0.588. The molecule has 0 saturated heterocycles. The summed E-state index contributed by atoms with van der Waals surface area (Å²) in [7, 11) is 1.71. The van der Waals surface area contributed by atoms with Crippen molar-refractivity contribution in [2.45, 2.75) is 0 Å². The van der Waals surface area contributed by atoms with Gasteiger partial charge in [-0.25, -0.2) is 9.37 Å². The molecule has 3 aromatic rings. The molecule has 0 fully saturated rings. The highest BCUT2D eigenvalue weighted by Crippen LogP contribution is 2.18. The van der Waals surface area contributed by atoms with Crippen molar-refractivity contribution in [1.82, 2.24) is 24.5 Å². The fourth-order valence-corrected chi connectivity index (χ4v) is 1.73. The summed E-state index contributed by atoms with van der Waals surface area (Å²) in [6.07, 6.45) is 4.94. The summed E-state index contributed by atoms with van der Waals surface area (Å²) in [6, 6.07) is 6.12. The number of hydrogen-bond acceptors (Lipinski definition) is 5. The molecular weight excluding hydrogens is 259 g/mol. The Morgan fingerprint density at radius 1 is 1.20 bits per heavy atom. The number of aromatic nitrogens is 5. The van der Waals surface area contributed by atoms with Gasteiger partial charge in [-0.2, -0.15) is 15.0 Å². The van der Waals surface area contributed by atoms with Crippen LogP contribution in [0.3, 0.4) is 0 Å². The first-order chi connectivity index (χ1) is 9.76. The van der Waals surface area contributed by atoms with Crippen LogP contribution < -0.4 is 5.32 Å². The Balaban J connectivity index is 2.14. The molecule has 20 heavy (non-hydrogen) atoms.